The van der Waals surface area contributed by atoms with Crippen molar-refractivity contribution in [1.82, 2.24) is 15.0 Å². The van der Waals surface area contributed by atoms with Gasteiger partial charge in [-0.3, -0.25) is 9.78 Å². The van der Waals surface area contributed by atoms with E-state index in [-0.39, 0.29) is 35.5 Å². The maximum atomic E-state index is 11.9. The van der Waals surface area contributed by atoms with Gasteiger partial charge in [0.05, 0.1) is 5.69 Å². The zero-order chi connectivity index (χ0) is 13.9. The van der Waals surface area contributed by atoms with E-state index < -0.39 is 10.0 Å². The minimum Gasteiger partial charge on any atom is -0.398 e. The Morgan fingerprint density at radius 2 is 2.21 bits per heavy atom. The molecule has 1 aromatic rings. The van der Waals surface area contributed by atoms with Gasteiger partial charge in [0, 0.05) is 31.4 Å². The molecule has 19 heavy (non-hydrogen) atoms. The minimum absolute atomic E-state index is 0.0369. The molecule has 0 aromatic carbocycles. The lowest BCUT2D eigenvalue weighted by Gasteiger charge is -2.08. The molecule has 0 atom stereocenters. The van der Waals surface area contributed by atoms with Crippen LogP contribution in [-0.2, 0) is 14.8 Å². The van der Waals surface area contributed by atoms with Crippen LogP contribution in [-0.4, -0.2) is 31.9 Å². The second kappa shape index (κ2) is 5.54. The van der Waals surface area contributed by atoms with Crippen molar-refractivity contribution in [2.75, 3.05) is 12.3 Å². The van der Waals surface area contributed by atoms with E-state index in [1.165, 1.54) is 18.5 Å². The highest BCUT2D eigenvalue weighted by molar-refractivity contribution is 7.89. The van der Waals surface area contributed by atoms with Gasteiger partial charge in [0.15, 0.2) is 0 Å². The van der Waals surface area contributed by atoms with E-state index in [9.17, 15) is 13.2 Å². The lowest BCUT2D eigenvalue weighted by atomic mass is 10.4. The van der Waals surface area contributed by atoms with Crippen LogP contribution < -0.4 is 15.8 Å². The number of amides is 1. The number of nitrogens with one attached hydrogen (secondary N) is 2. The van der Waals surface area contributed by atoms with Crippen LogP contribution in [0, 0.1) is 0 Å². The lowest BCUT2D eigenvalue weighted by molar-refractivity contribution is -0.121. The van der Waals surface area contributed by atoms with Crippen molar-refractivity contribution in [2.45, 2.75) is 30.2 Å². The number of carbonyl (C=O) groups excluding carboxylic acids is 1. The molecule has 8 heteroatoms. The van der Waals surface area contributed by atoms with E-state index in [1.807, 2.05) is 0 Å². The first-order valence-corrected chi connectivity index (χ1v) is 7.46. The molecule has 1 aliphatic carbocycles. The Morgan fingerprint density at radius 1 is 1.47 bits per heavy atom. The number of nitrogens with two attached hydrogens (primary N) is 1. The van der Waals surface area contributed by atoms with Crippen LogP contribution in [0.15, 0.2) is 23.4 Å². The summed E-state index contributed by atoms with van der Waals surface area (Å²) in [5.74, 6) is -0.149. The second-order valence-electron chi connectivity index (χ2n) is 4.40. The molecule has 7 nitrogen and oxygen atoms in total. The lowest BCUT2D eigenvalue weighted by Crippen LogP contribution is -2.32. The standard InChI is InChI=1S/C11H16N4O3S/c12-9-3-5-13-7-10(9)19(17,18)14-6-4-11(16)15-8-1-2-8/h3,5,7-8,14H,1-2,4,6H2,(H2,12,13)(H,15,16). The quantitative estimate of drug-likeness (QED) is 0.658. The molecule has 0 radical (unpaired) electrons. The summed E-state index contributed by atoms with van der Waals surface area (Å²) in [5.41, 5.74) is 5.70. The third-order valence-electron chi connectivity index (χ3n) is 2.69. The Bertz CT molecular complexity index is 569. The number of sulfonamides is 1. The first kappa shape index (κ1) is 13.8. The summed E-state index contributed by atoms with van der Waals surface area (Å²) in [5, 5.41) is 2.78. The number of hydrogen-bond acceptors (Lipinski definition) is 5. The van der Waals surface area contributed by atoms with Gasteiger partial charge in [0.1, 0.15) is 4.90 Å². The van der Waals surface area contributed by atoms with Crippen LogP contribution in [0.1, 0.15) is 19.3 Å². The van der Waals surface area contributed by atoms with E-state index in [2.05, 4.69) is 15.0 Å². The largest absolute Gasteiger partial charge is 0.398 e. The normalized spacial score (nSPS) is 15.2. The Kier molecular flexibility index (Phi) is 4.01. The molecule has 1 heterocycles. The molecule has 0 bridgehead atoms. The Hall–Kier alpha value is -1.67. The van der Waals surface area contributed by atoms with Crippen molar-refractivity contribution in [1.29, 1.82) is 0 Å². The van der Waals surface area contributed by atoms with Crippen molar-refractivity contribution >= 4 is 21.6 Å². The second-order valence-corrected chi connectivity index (χ2v) is 6.14. The number of pyridine rings is 1. The number of hydrogen-bond donors (Lipinski definition) is 3. The number of anilines is 1. The van der Waals surface area contributed by atoms with E-state index in [4.69, 9.17) is 5.73 Å². The summed E-state index contributed by atoms with van der Waals surface area (Å²) in [6.45, 7) is 0.0369. The van der Waals surface area contributed by atoms with Crippen molar-refractivity contribution in [3.05, 3.63) is 18.5 Å². The predicted molar refractivity (Wildman–Crippen MR) is 69.6 cm³/mol. The monoisotopic (exact) mass is 284 g/mol. The number of rotatable bonds is 6. The summed E-state index contributed by atoms with van der Waals surface area (Å²) in [6, 6.07) is 1.69. The highest BCUT2D eigenvalue weighted by atomic mass is 32.2. The maximum absolute atomic E-state index is 11.9. The average Bonchev–Trinajstić information content (AvgIpc) is 3.13. The molecule has 1 saturated carbocycles. The van der Waals surface area contributed by atoms with E-state index >= 15 is 0 Å². The first-order valence-electron chi connectivity index (χ1n) is 5.97. The number of carbonyl (C=O) groups is 1. The van der Waals surface area contributed by atoms with Gasteiger partial charge in [0.25, 0.3) is 0 Å². The topological polar surface area (TPSA) is 114 Å². The SMILES string of the molecule is Nc1ccncc1S(=O)(=O)NCCC(=O)NC1CC1. The number of nitrogens with zero attached hydrogens (tertiary/aromatic N) is 1. The van der Waals surface area contributed by atoms with E-state index in [1.54, 1.807) is 0 Å². The zero-order valence-corrected chi connectivity index (χ0v) is 11.1. The van der Waals surface area contributed by atoms with Gasteiger partial charge in [-0.15, -0.1) is 0 Å². The fourth-order valence-corrected chi connectivity index (χ4v) is 2.62. The van der Waals surface area contributed by atoms with Crippen molar-refractivity contribution in [3.8, 4) is 0 Å². The Labute approximate surface area is 111 Å². The van der Waals surface area contributed by atoms with Crippen LogP contribution in [0.2, 0.25) is 0 Å². The molecule has 1 amide bonds. The third kappa shape index (κ3) is 3.90. The zero-order valence-electron chi connectivity index (χ0n) is 10.3. The predicted octanol–water partition coefficient (Wildman–Crippen LogP) is -0.389. The number of aromatic nitrogens is 1. The minimum atomic E-state index is -3.72. The van der Waals surface area contributed by atoms with Gasteiger partial charge in [-0.1, -0.05) is 0 Å². The molecule has 1 aliphatic rings. The van der Waals surface area contributed by atoms with Gasteiger partial charge in [-0.25, -0.2) is 13.1 Å². The third-order valence-corrected chi connectivity index (χ3v) is 4.20. The molecular formula is C11H16N4O3S. The fourth-order valence-electron chi connectivity index (χ4n) is 1.52. The average molecular weight is 284 g/mol. The molecule has 2 rings (SSSR count). The van der Waals surface area contributed by atoms with Crippen LogP contribution >= 0.6 is 0 Å². The highest BCUT2D eigenvalue weighted by Gasteiger charge is 2.23. The van der Waals surface area contributed by atoms with Gasteiger partial charge in [0.2, 0.25) is 15.9 Å². The molecule has 0 saturated heterocycles. The molecular weight excluding hydrogens is 268 g/mol. The molecule has 104 valence electrons. The Morgan fingerprint density at radius 3 is 2.84 bits per heavy atom. The summed E-state index contributed by atoms with van der Waals surface area (Å²) in [4.78, 5) is 15.1. The maximum Gasteiger partial charge on any atom is 0.244 e. The molecule has 1 aromatic heterocycles. The van der Waals surface area contributed by atoms with Crippen molar-refractivity contribution in [3.63, 3.8) is 0 Å². The highest BCUT2D eigenvalue weighted by Crippen LogP contribution is 2.18. The summed E-state index contributed by atoms with van der Waals surface area (Å²) >= 11 is 0. The van der Waals surface area contributed by atoms with Crippen molar-refractivity contribution in [2.24, 2.45) is 0 Å². The van der Waals surface area contributed by atoms with Gasteiger partial charge < -0.3 is 11.1 Å². The van der Waals surface area contributed by atoms with Gasteiger partial charge in [-0.05, 0) is 18.9 Å². The molecule has 1 fully saturated rings. The van der Waals surface area contributed by atoms with Crippen LogP contribution in [0.25, 0.3) is 0 Å². The first-order chi connectivity index (χ1) is 8.99. The molecule has 0 aliphatic heterocycles. The summed E-state index contributed by atoms with van der Waals surface area (Å²) < 4.78 is 26.1. The van der Waals surface area contributed by atoms with Crippen LogP contribution in [0.3, 0.4) is 0 Å². The number of nitrogen functional groups attached to an aromatic ring is 1. The van der Waals surface area contributed by atoms with Crippen LogP contribution in [0.4, 0.5) is 5.69 Å². The molecule has 0 spiro atoms. The van der Waals surface area contributed by atoms with E-state index in [0.29, 0.717) is 0 Å². The van der Waals surface area contributed by atoms with Crippen LogP contribution in [0.5, 0.6) is 0 Å². The smallest absolute Gasteiger partial charge is 0.244 e. The summed E-state index contributed by atoms with van der Waals surface area (Å²) in [6.07, 6.45) is 4.71. The van der Waals surface area contributed by atoms with Gasteiger partial charge in [-0.2, -0.15) is 0 Å². The van der Waals surface area contributed by atoms with E-state index in [0.717, 1.165) is 12.8 Å². The fraction of sp³-hybridized carbons (Fsp3) is 0.455. The van der Waals surface area contributed by atoms with Crippen molar-refractivity contribution < 1.29 is 13.2 Å². The molecule has 4 N–H and O–H groups in total. The summed E-state index contributed by atoms with van der Waals surface area (Å²) in [7, 11) is -3.72. The molecule has 0 unspecified atom stereocenters. The Balaban J connectivity index is 1.87. The van der Waals surface area contributed by atoms with Gasteiger partial charge >= 0.3 is 0 Å².